The molecule has 0 aliphatic carbocycles. The number of rotatable bonds is 4. The first kappa shape index (κ1) is 19.7. The van der Waals surface area contributed by atoms with Crippen LogP contribution in [0.5, 0.6) is 0 Å². The van der Waals surface area contributed by atoms with Gasteiger partial charge in [0.2, 0.25) is 5.13 Å². The molecule has 0 spiro atoms. The third kappa shape index (κ3) is 4.01. The van der Waals surface area contributed by atoms with Crippen molar-refractivity contribution in [3.8, 4) is 5.13 Å². The number of benzene rings is 2. The monoisotopic (exact) mass is 436 g/mol. The van der Waals surface area contributed by atoms with Crippen molar-refractivity contribution in [3.63, 3.8) is 0 Å². The molecule has 1 saturated heterocycles. The van der Waals surface area contributed by atoms with Crippen LogP contribution in [0.3, 0.4) is 0 Å². The number of nitrogens with zero attached hydrogens (tertiary/aromatic N) is 4. The summed E-state index contributed by atoms with van der Waals surface area (Å²) < 4.78 is 15.6. The molecule has 0 unspecified atom stereocenters. The molecule has 0 atom stereocenters. The van der Waals surface area contributed by atoms with Crippen LogP contribution < -0.4 is 16.0 Å². The number of anilines is 2. The Hall–Kier alpha value is -3.30. The highest BCUT2D eigenvalue weighted by molar-refractivity contribution is 7.12. The number of piperidine rings is 1. The summed E-state index contributed by atoms with van der Waals surface area (Å²) >= 11 is 1.32. The minimum absolute atomic E-state index is 0.183. The maximum absolute atomic E-state index is 13.9. The van der Waals surface area contributed by atoms with Gasteiger partial charge in [-0.2, -0.15) is 5.10 Å². The predicted octanol–water partition coefficient (Wildman–Crippen LogP) is 3.80. The molecule has 2 aromatic carbocycles. The lowest BCUT2D eigenvalue weighted by molar-refractivity contribution is 0.102. The first-order valence-corrected chi connectivity index (χ1v) is 11.0. The third-order valence-corrected chi connectivity index (χ3v) is 6.25. The number of fused-ring (bicyclic) bond motifs is 1. The Morgan fingerprint density at radius 1 is 1.19 bits per heavy atom. The molecular formula is C22H21FN6OS. The summed E-state index contributed by atoms with van der Waals surface area (Å²) in [5.74, 6) is -0.797. The molecule has 1 aliphatic heterocycles. The van der Waals surface area contributed by atoms with Crippen LogP contribution in [-0.4, -0.2) is 39.8 Å². The fourth-order valence-corrected chi connectivity index (χ4v) is 4.48. The van der Waals surface area contributed by atoms with E-state index in [0.29, 0.717) is 10.8 Å². The highest BCUT2D eigenvalue weighted by Crippen LogP contribution is 2.30. The van der Waals surface area contributed by atoms with Gasteiger partial charge in [-0.15, -0.1) is 11.3 Å². The Balaban J connectivity index is 1.38. The first-order chi connectivity index (χ1) is 15.1. The summed E-state index contributed by atoms with van der Waals surface area (Å²) in [4.78, 5) is 19.4. The molecule has 1 aliphatic rings. The second kappa shape index (κ2) is 8.09. The van der Waals surface area contributed by atoms with E-state index in [1.165, 1.54) is 23.5 Å². The summed E-state index contributed by atoms with van der Waals surface area (Å²) in [6.45, 7) is 1.53. The highest BCUT2D eigenvalue weighted by Gasteiger charge is 2.21. The maximum atomic E-state index is 13.9. The Bertz CT molecular complexity index is 1210. The standard InChI is InChI=1S/C22H21FN6OS/c23-15-5-6-20(28-9-7-16(24)8-10-28)18(11-15)25-21(30)19-13-31-22(26-19)29-12-14-3-1-2-4-17(14)27-29/h1-6,11-13,16H,7-10,24H2,(H,25,30). The van der Waals surface area contributed by atoms with E-state index in [1.54, 1.807) is 16.1 Å². The fraction of sp³-hybridized carbons (Fsp3) is 0.227. The van der Waals surface area contributed by atoms with Crippen LogP contribution in [0.4, 0.5) is 15.8 Å². The van der Waals surface area contributed by atoms with Gasteiger partial charge in [0.05, 0.1) is 16.9 Å². The molecule has 1 fully saturated rings. The number of amides is 1. The summed E-state index contributed by atoms with van der Waals surface area (Å²) in [6, 6.07) is 12.4. The van der Waals surface area contributed by atoms with E-state index in [2.05, 4.69) is 20.3 Å². The zero-order chi connectivity index (χ0) is 21.4. The van der Waals surface area contributed by atoms with Gasteiger partial charge in [0, 0.05) is 36.1 Å². The molecular weight excluding hydrogens is 415 g/mol. The molecule has 3 N–H and O–H groups in total. The van der Waals surface area contributed by atoms with Crippen LogP contribution in [-0.2, 0) is 0 Å². The molecule has 0 saturated carbocycles. The lowest BCUT2D eigenvalue weighted by atomic mass is 10.0. The number of thiazole rings is 1. The zero-order valence-corrected chi connectivity index (χ0v) is 17.5. The number of carbonyl (C=O) groups excluding carboxylic acids is 1. The molecule has 31 heavy (non-hydrogen) atoms. The molecule has 7 nitrogen and oxygen atoms in total. The summed E-state index contributed by atoms with van der Waals surface area (Å²) in [6.07, 6.45) is 3.60. The second-order valence-electron chi connectivity index (χ2n) is 7.59. The van der Waals surface area contributed by atoms with Crippen LogP contribution >= 0.6 is 11.3 Å². The van der Waals surface area contributed by atoms with Crippen LogP contribution in [0.15, 0.2) is 54.0 Å². The van der Waals surface area contributed by atoms with E-state index in [1.807, 2.05) is 30.5 Å². The minimum Gasteiger partial charge on any atom is -0.370 e. The van der Waals surface area contributed by atoms with Crippen molar-refractivity contribution in [1.82, 2.24) is 14.8 Å². The van der Waals surface area contributed by atoms with Crippen LogP contribution in [0.2, 0.25) is 0 Å². The number of hydrogen-bond acceptors (Lipinski definition) is 6. The number of halogens is 1. The zero-order valence-electron chi connectivity index (χ0n) is 16.7. The number of nitrogens with one attached hydrogen (secondary N) is 1. The van der Waals surface area contributed by atoms with Crippen molar-refractivity contribution < 1.29 is 9.18 Å². The van der Waals surface area contributed by atoms with Gasteiger partial charge in [-0.05, 0) is 37.1 Å². The van der Waals surface area contributed by atoms with Gasteiger partial charge >= 0.3 is 0 Å². The van der Waals surface area contributed by atoms with E-state index in [4.69, 9.17) is 5.73 Å². The highest BCUT2D eigenvalue weighted by atomic mass is 32.1. The van der Waals surface area contributed by atoms with Crippen molar-refractivity contribution in [3.05, 3.63) is 65.6 Å². The topological polar surface area (TPSA) is 89.1 Å². The molecule has 3 heterocycles. The van der Waals surface area contributed by atoms with Gasteiger partial charge in [-0.3, -0.25) is 4.79 Å². The van der Waals surface area contributed by atoms with Crippen LogP contribution in [0.1, 0.15) is 23.3 Å². The van der Waals surface area contributed by atoms with E-state index in [0.717, 1.165) is 42.5 Å². The molecule has 0 bridgehead atoms. The van der Waals surface area contributed by atoms with Crippen molar-refractivity contribution in [1.29, 1.82) is 0 Å². The molecule has 4 aromatic rings. The van der Waals surface area contributed by atoms with Crippen molar-refractivity contribution in [2.24, 2.45) is 5.73 Å². The Kier molecular flexibility index (Phi) is 5.13. The smallest absolute Gasteiger partial charge is 0.275 e. The van der Waals surface area contributed by atoms with Gasteiger partial charge in [-0.25, -0.2) is 14.1 Å². The second-order valence-corrected chi connectivity index (χ2v) is 8.42. The van der Waals surface area contributed by atoms with Crippen molar-refractivity contribution in [2.75, 3.05) is 23.3 Å². The van der Waals surface area contributed by atoms with E-state index >= 15 is 0 Å². The molecule has 9 heteroatoms. The van der Waals surface area contributed by atoms with E-state index in [-0.39, 0.29) is 17.6 Å². The SMILES string of the molecule is NC1CCN(c2ccc(F)cc2NC(=O)c2csc(-n3cc4ccccc4n3)n2)CC1. The average Bonchev–Trinajstić information content (AvgIpc) is 3.42. The van der Waals surface area contributed by atoms with E-state index < -0.39 is 5.82 Å². The lowest BCUT2D eigenvalue weighted by Crippen LogP contribution is -2.40. The number of hydrogen-bond donors (Lipinski definition) is 2. The normalized spacial score (nSPS) is 14.8. The largest absolute Gasteiger partial charge is 0.370 e. The summed E-state index contributed by atoms with van der Waals surface area (Å²) in [7, 11) is 0. The lowest BCUT2D eigenvalue weighted by Gasteiger charge is -2.33. The Morgan fingerprint density at radius 3 is 2.81 bits per heavy atom. The van der Waals surface area contributed by atoms with Gasteiger partial charge < -0.3 is 16.0 Å². The van der Waals surface area contributed by atoms with Gasteiger partial charge in [0.15, 0.2) is 0 Å². The van der Waals surface area contributed by atoms with Crippen molar-refractivity contribution >= 4 is 39.5 Å². The fourth-order valence-electron chi connectivity index (χ4n) is 3.75. The third-order valence-electron chi connectivity index (χ3n) is 5.42. The van der Waals surface area contributed by atoms with Crippen molar-refractivity contribution in [2.45, 2.75) is 18.9 Å². The maximum Gasteiger partial charge on any atom is 0.275 e. The average molecular weight is 437 g/mol. The van der Waals surface area contributed by atoms with Gasteiger partial charge in [0.25, 0.3) is 5.91 Å². The van der Waals surface area contributed by atoms with Gasteiger partial charge in [-0.1, -0.05) is 18.2 Å². The number of carbonyl (C=O) groups is 1. The molecule has 5 rings (SSSR count). The molecule has 1 amide bonds. The summed E-state index contributed by atoms with van der Waals surface area (Å²) in [5.41, 5.74) is 8.33. The molecule has 0 radical (unpaired) electrons. The van der Waals surface area contributed by atoms with E-state index in [9.17, 15) is 9.18 Å². The quantitative estimate of drug-likeness (QED) is 0.508. The predicted molar refractivity (Wildman–Crippen MR) is 121 cm³/mol. The van der Waals surface area contributed by atoms with Gasteiger partial charge in [0.1, 0.15) is 11.5 Å². The summed E-state index contributed by atoms with van der Waals surface area (Å²) in [5, 5.41) is 10.6. The Morgan fingerprint density at radius 2 is 2.00 bits per heavy atom. The first-order valence-electron chi connectivity index (χ1n) is 10.1. The number of nitrogens with two attached hydrogens (primary N) is 1. The van der Waals surface area contributed by atoms with Crippen LogP contribution in [0.25, 0.3) is 16.0 Å². The Labute approximate surface area is 182 Å². The molecule has 158 valence electrons. The number of aromatic nitrogens is 3. The minimum atomic E-state index is -0.407. The van der Waals surface area contributed by atoms with Crippen LogP contribution in [0, 0.1) is 5.82 Å². The molecule has 2 aromatic heterocycles.